The van der Waals surface area contributed by atoms with Crippen molar-refractivity contribution in [3.63, 3.8) is 0 Å². The van der Waals surface area contributed by atoms with Gasteiger partial charge in [-0.25, -0.2) is 0 Å². The number of rotatable bonds is 4. The van der Waals surface area contributed by atoms with Crippen molar-refractivity contribution in [2.45, 2.75) is 44.1 Å². The van der Waals surface area contributed by atoms with Crippen LogP contribution < -0.4 is 5.73 Å². The Kier molecular flexibility index (Phi) is 3.65. The molecule has 1 heterocycles. The van der Waals surface area contributed by atoms with Crippen LogP contribution in [0.2, 0.25) is 0 Å². The molecular formula is C12H24N2O. The van der Waals surface area contributed by atoms with Crippen molar-refractivity contribution in [1.29, 1.82) is 0 Å². The van der Waals surface area contributed by atoms with Gasteiger partial charge in [0.2, 0.25) is 0 Å². The maximum Gasteiger partial charge on any atom is 0.0613 e. The summed E-state index contributed by atoms with van der Waals surface area (Å²) in [4.78, 5) is 2.54. The van der Waals surface area contributed by atoms with Gasteiger partial charge in [-0.1, -0.05) is 6.42 Å². The molecule has 2 atom stereocenters. The number of nitrogens with two attached hydrogens (primary N) is 1. The lowest BCUT2D eigenvalue weighted by Crippen LogP contribution is -2.47. The highest BCUT2D eigenvalue weighted by atomic mass is 16.3. The topological polar surface area (TPSA) is 49.5 Å². The second kappa shape index (κ2) is 4.81. The zero-order valence-electron chi connectivity index (χ0n) is 9.62. The normalized spacial score (nSPS) is 37.6. The molecule has 88 valence electrons. The maximum atomic E-state index is 9.35. The van der Waals surface area contributed by atoms with Gasteiger partial charge in [-0.15, -0.1) is 0 Å². The van der Waals surface area contributed by atoms with Gasteiger partial charge in [-0.3, -0.25) is 0 Å². The molecule has 0 spiro atoms. The molecule has 3 heteroatoms. The van der Waals surface area contributed by atoms with Crippen LogP contribution in [0.5, 0.6) is 0 Å². The van der Waals surface area contributed by atoms with Crippen molar-refractivity contribution in [2.24, 2.45) is 11.7 Å². The summed E-state index contributed by atoms with van der Waals surface area (Å²) in [5, 5.41) is 9.35. The first-order valence-electron chi connectivity index (χ1n) is 6.37. The van der Waals surface area contributed by atoms with E-state index < -0.39 is 0 Å². The Balaban J connectivity index is 1.78. The molecule has 1 saturated heterocycles. The van der Waals surface area contributed by atoms with Crippen LogP contribution in [0, 0.1) is 5.92 Å². The molecule has 0 aromatic heterocycles. The first kappa shape index (κ1) is 11.4. The van der Waals surface area contributed by atoms with Crippen molar-refractivity contribution >= 4 is 0 Å². The molecule has 0 radical (unpaired) electrons. The SMILES string of the molecule is NC1(CO)CCCC1CCN1CCCC1. The Hall–Kier alpha value is -0.120. The fourth-order valence-corrected chi connectivity index (χ4v) is 3.15. The fraction of sp³-hybridized carbons (Fsp3) is 1.00. The van der Waals surface area contributed by atoms with Crippen LogP contribution in [-0.4, -0.2) is 41.8 Å². The van der Waals surface area contributed by atoms with Gasteiger partial charge in [-0.2, -0.15) is 0 Å². The Morgan fingerprint density at radius 1 is 1.27 bits per heavy atom. The van der Waals surface area contributed by atoms with Crippen molar-refractivity contribution in [1.82, 2.24) is 4.90 Å². The van der Waals surface area contributed by atoms with E-state index in [-0.39, 0.29) is 12.1 Å². The first-order valence-corrected chi connectivity index (χ1v) is 6.37. The summed E-state index contributed by atoms with van der Waals surface area (Å²) in [6.07, 6.45) is 7.31. The highest BCUT2D eigenvalue weighted by Gasteiger charge is 2.38. The summed E-state index contributed by atoms with van der Waals surface area (Å²) in [6.45, 7) is 3.88. The predicted octanol–water partition coefficient (Wildman–Crippen LogP) is 0.962. The third-order valence-electron chi connectivity index (χ3n) is 4.29. The lowest BCUT2D eigenvalue weighted by atomic mass is 9.86. The molecule has 2 fully saturated rings. The molecule has 2 rings (SSSR count). The van der Waals surface area contributed by atoms with Gasteiger partial charge < -0.3 is 15.7 Å². The summed E-state index contributed by atoms with van der Waals surface area (Å²) < 4.78 is 0. The lowest BCUT2D eigenvalue weighted by Gasteiger charge is -2.30. The van der Waals surface area contributed by atoms with Crippen molar-refractivity contribution < 1.29 is 5.11 Å². The Labute approximate surface area is 92.6 Å². The fourth-order valence-electron chi connectivity index (χ4n) is 3.15. The molecule has 2 aliphatic rings. The van der Waals surface area contributed by atoms with E-state index in [1.54, 1.807) is 0 Å². The molecule has 0 amide bonds. The summed E-state index contributed by atoms with van der Waals surface area (Å²) >= 11 is 0. The monoisotopic (exact) mass is 212 g/mol. The molecule has 3 N–H and O–H groups in total. The highest BCUT2D eigenvalue weighted by molar-refractivity contribution is 4.96. The average Bonchev–Trinajstić information content (AvgIpc) is 2.85. The standard InChI is InChI=1S/C12H24N2O/c13-12(10-15)6-3-4-11(12)5-9-14-7-1-2-8-14/h11,15H,1-10,13H2. The van der Waals surface area contributed by atoms with Crippen molar-refractivity contribution in [3.05, 3.63) is 0 Å². The Bertz CT molecular complexity index is 204. The minimum absolute atomic E-state index is 0.164. The van der Waals surface area contributed by atoms with Crippen LogP contribution in [0.25, 0.3) is 0 Å². The van der Waals surface area contributed by atoms with Crippen LogP contribution >= 0.6 is 0 Å². The second-order valence-electron chi connectivity index (χ2n) is 5.32. The molecular weight excluding hydrogens is 188 g/mol. The van der Waals surface area contributed by atoms with E-state index in [1.165, 1.54) is 51.7 Å². The molecule has 0 bridgehead atoms. The molecule has 15 heavy (non-hydrogen) atoms. The summed E-state index contributed by atoms with van der Waals surface area (Å²) in [5.41, 5.74) is 5.95. The number of aliphatic hydroxyl groups excluding tert-OH is 1. The van der Waals surface area contributed by atoms with E-state index in [2.05, 4.69) is 4.90 Å². The molecule has 1 saturated carbocycles. The minimum atomic E-state index is -0.264. The van der Waals surface area contributed by atoms with Gasteiger partial charge in [0.1, 0.15) is 0 Å². The van der Waals surface area contributed by atoms with Crippen LogP contribution in [-0.2, 0) is 0 Å². The summed E-state index contributed by atoms with van der Waals surface area (Å²) in [7, 11) is 0. The summed E-state index contributed by atoms with van der Waals surface area (Å²) in [6, 6.07) is 0. The summed E-state index contributed by atoms with van der Waals surface area (Å²) in [5.74, 6) is 0.545. The quantitative estimate of drug-likeness (QED) is 0.730. The number of nitrogens with zero attached hydrogens (tertiary/aromatic N) is 1. The Morgan fingerprint density at radius 3 is 2.67 bits per heavy atom. The van der Waals surface area contributed by atoms with Gasteiger partial charge in [0, 0.05) is 5.54 Å². The van der Waals surface area contributed by atoms with E-state index in [0.29, 0.717) is 5.92 Å². The molecule has 3 nitrogen and oxygen atoms in total. The van der Waals surface area contributed by atoms with Crippen LogP contribution in [0.3, 0.4) is 0 Å². The third-order valence-corrected chi connectivity index (χ3v) is 4.29. The lowest BCUT2D eigenvalue weighted by molar-refractivity contribution is 0.147. The van der Waals surface area contributed by atoms with Gasteiger partial charge in [0.05, 0.1) is 6.61 Å². The number of likely N-dealkylation sites (tertiary alicyclic amines) is 1. The van der Waals surface area contributed by atoms with E-state index in [9.17, 15) is 5.11 Å². The number of hydrogen-bond acceptors (Lipinski definition) is 3. The average molecular weight is 212 g/mol. The Morgan fingerprint density at radius 2 is 2.00 bits per heavy atom. The zero-order chi connectivity index (χ0) is 10.7. The third kappa shape index (κ3) is 2.52. The van der Waals surface area contributed by atoms with Gasteiger partial charge in [0.15, 0.2) is 0 Å². The molecule has 2 unspecified atom stereocenters. The van der Waals surface area contributed by atoms with Gasteiger partial charge in [-0.05, 0) is 57.7 Å². The van der Waals surface area contributed by atoms with E-state index in [4.69, 9.17) is 5.73 Å². The van der Waals surface area contributed by atoms with E-state index in [0.717, 1.165) is 6.42 Å². The number of aliphatic hydroxyl groups is 1. The maximum absolute atomic E-state index is 9.35. The van der Waals surface area contributed by atoms with Gasteiger partial charge >= 0.3 is 0 Å². The molecule has 0 aromatic carbocycles. The minimum Gasteiger partial charge on any atom is -0.394 e. The second-order valence-corrected chi connectivity index (χ2v) is 5.32. The van der Waals surface area contributed by atoms with Crippen LogP contribution in [0.15, 0.2) is 0 Å². The molecule has 0 aromatic rings. The predicted molar refractivity (Wildman–Crippen MR) is 61.6 cm³/mol. The first-order chi connectivity index (χ1) is 7.24. The molecule has 1 aliphatic carbocycles. The van der Waals surface area contributed by atoms with E-state index >= 15 is 0 Å². The zero-order valence-corrected chi connectivity index (χ0v) is 9.62. The van der Waals surface area contributed by atoms with Crippen molar-refractivity contribution in [2.75, 3.05) is 26.2 Å². The van der Waals surface area contributed by atoms with Gasteiger partial charge in [0.25, 0.3) is 0 Å². The van der Waals surface area contributed by atoms with E-state index in [1.807, 2.05) is 0 Å². The number of hydrogen-bond donors (Lipinski definition) is 2. The van der Waals surface area contributed by atoms with Crippen molar-refractivity contribution in [3.8, 4) is 0 Å². The van der Waals surface area contributed by atoms with Crippen LogP contribution in [0.1, 0.15) is 38.5 Å². The largest absolute Gasteiger partial charge is 0.394 e. The molecule has 1 aliphatic heterocycles. The highest BCUT2D eigenvalue weighted by Crippen LogP contribution is 2.35. The smallest absolute Gasteiger partial charge is 0.0613 e. The van der Waals surface area contributed by atoms with Crippen LogP contribution in [0.4, 0.5) is 0 Å².